The van der Waals surface area contributed by atoms with E-state index in [4.69, 9.17) is 5.11 Å². The maximum atomic E-state index is 12.0. The van der Waals surface area contributed by atoms with E-state index in [9.17, 15) is 19.2 Å². The molecule has 0 radical (unpaired) electrons. The number of carbonyl (C=O) groups is 4. The largest absolute Gasteiger partial charge is 0.478 e. The highest BCUT2D eigenvalue weighted by Gasteiger charge is 2.50. The van der Waals surface area contributed by atoms with Crippen molar-refractivity contribution in [2.24, 2.45) is 5.92 Å². The van der Waals surface area contributed by atoms with Crippen molar-refractivity contribution in [2.45, 2.75) is 19.4 Å². The van der Waals surface area contributed by atoms with Crippen molar-refractivity contribution in [3.05, 3.63) is 29.8 Å². The number of hydrogen-bond donors (Lipinski definition) is 3. The van der Waals surface area contributed by atoms with E-state index in [0.29, 0.717) is 5.69 Å². The summed E-state index contributed by atoms with van der Waals surface area (Å²) in [6, 6.07) is 5.42. The van der Waals surface area contributed by atoms with Crippen LogP contribution in [0, 0.1) is 5.92 Å². The van der Waals surface area contributed by atoms with Gasteiger partial charge in [0.1, 0.15) is 0 Å². The molecule has 110 valence electrons. The van der Waals surface area contributed by atoms with Gasteiger partial charge in [-0.1, -0.05) is 0 Å². The molecule has 1 aliphatic heterocycles. The fraction of sp³-hybridized carbons (Fsp3) is 0.286. The van der Waals surface area contributed by atoms with Gasteiger partial charge >= 0.3 is 5.97 Å². The number of rotatable bonds is 3. The smallest absolute Gasteiger partial charge is 0.335 e. The molecule has 1 aromatic rings. The number of carbonyl (C=O) groups excluding carboxylic acids is 3. The number of aromatic carboxylic acids is 1. The predicted octanol–water partition coefficient (Wildman–Crippen LogP) is 0.417. The normalized spacial score (nSPS) is 20.0. The van der Waals surface area contributed by atoms with Crippen LogP contribution < -0.4 is 10.6 Å². The minimum atomic E-state index is -1.39. The van der Waals surface area contributed by atoms with E-state index < -0.39 is 35.0 Å². The average molecular weight is 290 g/mol. The van der Waals surface area contributed by atoms with E-state index in [2.05, 4.69) is 10.6 Å². The number of carboxylic acids is 1. The van der Waals surface area contributed by atoms with Crippen molar-refractivity contribution in [1.82, 2.24) is 5.32 Å². The number of carboxylic acid groups (broad SMARTS) is 1. The first-order valence-corrected chi connectivity index (χ1v) is 6.23. The van der Waals surface area contributed by atoms with Gasteiger partial charge in [0, 0.05) is 5.69 Å². The first kappa shape index (κ1) is 14.7. The lowest BCUT2D eigenvalue weighted by atomic mass is 9.94. The maximum Gasteiger partial charge on any atom is 0.335 e. The Morgan fingerprint density at radius 2 is 1.76 bits per heavy atom. The van der Waals surface area contributed by atoms with Crippen LogP contribution in [0.25, 0.3) is 0 Å². The molecule has 3 N–H and O–H groups in total. The molecule has 1 atom stereocenters. The van der Waals surface area contributed by atoms with E-state index in [-0.39, 0.29) is 5.56 Å². The number of Topliss-reactive ketones (excluding diaryl/α,β-unsaturated/α-hetero) is 1. The Morgan fingerprint density at radius 3 is 2.19 bits per heavy atom. The van der Waals surface area contributed by atoms with Crippen molar-refractivity contribution in [2.75, 3.05) is 5.32 Å². The lowest BCUT2D eigenvalue weighted by molar-refractivity contribution is -0.135. The summed E-state index contributed by atoms with van der Waals surface area (Å²) in [7, 11) is 0. The lowest BCUT2D eigenvalue weighted by Crippen LogP contribution is -2.40. The Bertz CT molecular complexity index is 633. The molecule has 0 bridgehead atoms. The van der Waals surface area contributed by atoms with Crippen LogP contribution in [0.2, 0.25) is 0 Å². The molecule has 1 aliphatic rings. The minimum absolute atomic E-state index is 0.0730. The monoisotopic (exact) mass is 290 g/mol. The summed E-state index contributed by atoms with van der Waals surface area (Å²) >= 11 is 0. The van der Waals surface area contributed by atoms with Crippen LogP contribution in [0.4, 0.5) is 5.69 Å². The minimum Gasteiger partial charge on any atom is -0.478 e. The van der Waals surface area contributed by atoms with E-state index in [1.54, 1.807) is 0 Å². The summed E-state index contributed by atoms with van der Waals surface area (Å²) < 4.78 is 0. The van der Waals surface area contributed by atoms with Gasteiger partial charge in [0.15, 0.2) is 11.7 Å². The molecule has 1 saturated heterocycles. The fourth-order valence-electron chi connectivity index (χ4n) is 2.07. The fourth-order valence-corrected chi connectivity index (χ4v) is 2.07. The zero-order valence-electron chi connectivity index (χ0n) is 11.5. The van der Waals surface area contributed by atoms with Crippen molar-refractivity contribution in [3.8, 4) is 0 Å². The van der Waals surface area contributed by atoms with Crippen LogP contribution in [-0.2, 0) is 14.4 Å². The molecule has 0 spiro atoms. The molecule has 0 aromatic heterocycles. The Morgan fingerprint density at radius 1 is 1.19 bits per heavy atom. The Hall–Kier alpha value is -2.70. The summed E-state index contributed by atoms with van der Waals surface area (Å²) in [6.45, 7) is 3.06. The number of ketones is 1. The molecule has 2 amide bonds. The van der Waals surface area contributed by atoms with Gasteiger partial charge in [-0.05, 0) is 38.1 Å². The highest BCUT2D eigenvalue weighted by Crippen LogP contribution is 2.22. The van der Waals surface area contributed by atoms with Gasteiger partial charge in [0.05, 0.1) is 11.1 Å². The third kappa shape index (κ3) is 2.76. The van der Waals surface area contributed by atoms with E-state index in [0.717, 1.165) is 0 Å². The Balaban J connectivity index is 2.13. The number of anilines is 1. The van der Waals surface area contributed by atoms with Crippen LogP contribution in [-0.4, -0.2) is 34.2 Å². The van der Waals surface area contributed by atoms with E-state index in [1.165, 1.54) is 38.1 Å². The van der Waals surface area contributed by atoms with Gasteiger partial charge in [0.2, 0.25) is 11.8 Å². The number of amides is 2. The molecule has 1 heterocycles. The van der Waals surface area contributed by atoms with Crippen LogP contribution in [0.1, 0.15) is 24.2 Å². The summed E-state index contributed by atoms with van der Waals surface area (Å²) in [4.78, 5) is 46.4. The molecular weight excluding hydrogens is 276 g/mol. The maximum absolute atomic E-state index is 12.0. The quantitative estimate of drug-likeness (QED) is 0.698. The second-order valence-electron chi connectivity index (χ2n) is 5.28. The predicted molar refractivity (Wildman–Crippen MR) is 72.7 cm³/mol. The molecule has 0 saturated carbocycles. The van der Waals surface area contributed by atoms with E-state index in [1.807, 2.05) is 0 Å². The third-order valence-electron chi connectivity index (χ3n) is 3.24. The zero-order chi connectivity index (χ0) is 15.8. The Labute approximate surface area is 120 Å². The standard InChI is InChI=1S/C14H14N2O5/c1-14(2)10(17)9(12(19)16-14)11(18)15-8-5-3-7(4-6-8)13(20)21/h3-6,9H,1-2H3,(H,15,18)(H,16,19)(H,20,21). The van der Waals surface area contributed by atoms with Gasteiger partial charge in [-0.25, -0.2) is 4.79 Å². The zero-order valence-corrected chi connectivity index (χ0v) is 11.5. The lowest BCUT2D eigenvalue weighted by Gasteiger charge is -2.14. The first-order chi connectivity index (χ1) is 9.72. The van der Waals surface area contributed by atoms with Gasteiger partial charge in [-0.15, -0.1) is 0 Å². The van der Waals surface area contributed by atoms with Crippen LogP contribution in [0.15, 0.2) is 24.3 Å². The molecule has 1 unspecified atom stereocenters. The average Bonchev–Trinajstić information content (AvgIpc) is 2.58. The number of nitrogens with one attached hydrogen (secondary N) is 2. The third-order valence-corrected chi connectivity index (χ3v) is 3.24. The first-order valence-electron chi connectivity index (χ1n) is 6.23. The highest BCUT2D eigenvalue weighted by molar-refractivity contribution is 6.27. The second-order valence-corrected chi connectivity index (χ2v) is 5.28. The van der Waals surface area contributed by atoms with Gasteiger partial charge < -0.3 is 15.7 Å². The molecule has 1 fully saturated rings. The summed E-state index contributed by atoms with van der Waals surface area (Å²) in [5, 5.41) is 13.7. The topological polar surface area (TPSA) is 113 Å². The molecule has 2 rings (SSSR count). The van der Waals surface area contributed by atoms with Crippen LogP contribution in [0.5, 0.6) is 0 Å². The number of hydrogen-bond acceptors (Lipinski definition) is 4. The van der Waals surface area contributed by atoms with Gasteiger partial charge in [-0.3, -0.25) is 14.4 Å². The summed E-state index contributed by atoms with van der Waals surface area (Å²) in [5.41, 5.74) is -0.675. The van der Waals surface area contributed by atoms with Crippen LogP contribution >= 0.6 is 0 Å². The molecule has 21 heavy (non-hydrogen) atoms. The van der Waals surface area contributed by atoms with Crippen molar-refractivity contribution in [1.29, 1.82) is 0 Å². The number of benzene rings is 1. The highest BCUT2D eigenvalue weighted by atomic mass is 16.4. The van der Waals surface area contributed by atoms with Crippen molar-refractivity contribution >= 4 is 29.3 Å². The van der Waals surface area contributed by atoms with E-state index >= 15 is 0 Å². The molecule has 1 aromatic carbocycles. The van der Waals surface area contributed by atoms with Gasteiger partial charge in [-0.2, -0.15) is 0 Å². The van der Waals surface area contributed by atoms with Crippen molar-refractivity contribution in [3.63, 3.8) is 0 Å². The van der Waals surface area contributed by atoms with Crippen LogP contribution in [0.3, 0.4) is 0 Å². The molecule has 0 aliphatic carbocycles. The SMILES string of the molecule is CC1(C)NC(=O)C(C(=O)Nc2ccc(C(=O)O)cc2)C1=O. The molecule has 7 nitrogen and oxygen atoms in total. The van der Waals surface area contributed by atoms with Crippen molar-refractivity contribution < 1.29 is 24.3 Å². The Kier molecular flexibility index (Phi) is 3.51. The molecule has 7 heteroatoms. The second kappa shape index (κ2) is 5.01. The summed E-state index contributed by atoms with van der Waals surface area (Å²) in [5.74, 6) is -4.33. The van der Waals surface area contributed by atoms with Gasteiger partial charge in [0.25, 0.3) is 0 Å². The summed E-state index contributed by atoms with van der Waals surface area (Å²) in [6.07, 6.45) is 0. The molecular formula is C14H14N2O5.